The van der Waals surface area contributed by atoms with Gasteiger partial charge in [-0.2, -0.15) is 0 Å². The molecule has 0 bridgehead atoms. The van der Waals surface area contributed by atoms with E-state index in [4.69, 9.17) is 14.6 Å². The van der Waals surface area contributed by atoms with Gasteiger partial charge in [-0.3, -0.25) is 0 Å². The van der Waals surface area contributed by atoms with E-state index in [-0.39, 0.29) is 6.29 Å². The molecule has 1 unspecified atom stereocenters. The van der Waals surface area contributed by atoms with Gasteiger partial charge < -0.3 is 14.6 Å². The summed E-state index contributed by atoms with van der Waals surface area (Å²) in [6, 6.07) is 0. The van der Waals surface area contributed by atoms with Gasteiger partial charge in [0.2, 0.25) is 0 Å². The third-order valence-electron chi connectivity index (χ3n) is 2.76. The van der Waals surface area contributed by atoms with E-state index in [1.807, 2.05) is 6.92 Å². The maximum atomic E-state index is 8.62. The van der Waals surface area contributed by atoms with E-state index in [9.17, 15) is 0 Å². The van der Waals surface area contributed by atoms with Gasteiger partial charge in [0.15, 0.2) is 6.29 Å². The second kappa shape index (κ2) is 13.9. The summed E-state index contributed by atoms with van der Waals surface area (Å²) in [5.41, 5.74) is 0. The highest BCUT2D eigenvalue weighted by Crippen LogP contribution is 2.04. The Hall–Kier alpha value is -0.120. The fourth-order valence-electron chi connectivity index (χ4n) is 1.64. The van der Waals surface area contributed by atoms with Crippen LogP contribution in [0.25, 0.3) is 0 Å². The summed E-state index contributed by atoms with van der Waals surface area (Å²) >= 11 is 0. The summed E-state index contributed by atoms with van der Waals surface area (Å²) in [6.45, 7) is 6.06. The average molecular weight is 246 g/mol. The molecule has 0 amide bonds. The van der Waals surface area contributed by atoms with Crippen LogP contribution < -0.4 is 0 Å². The Balaban J connectivity index is 3.09. The minimum absolute atomic E-state index is 0.0746. The zero-order valence-electron chi connectivity index (χ0n) is 11.6. The van der Waals surface area contributed by atoms with E-state index < -0.39 is 0 Å². The van der Waals surface area contributed by atoms with Crippen LogP contribution in [0.4, 0.5) is 0 Å². The second-order valence-electron chi connectivity index (χ2n) is 4.51. The van der Waals surface area contributed by atoms with Crippen LogP contribution in [0.1, 0.15) is 65.2 Å². The van der Waals surface area contributed by atoms with Gasteiger partial charge in [0.05, 0.1) is 0 Å². The fraction of sp³-hybridized carbons (Fsp3) is 1.00. The van der Waals surface area contributed by atoms with Gasteiger partial charge in [-0.25, -0.2) is 0 Å². The average Bonchev–Trinajstić information content (AvgIpc) is 2.33. The van der Waals surface area contributed by atoms with Crippen LogP contribution in [0, 0.1) is 0 Å². The van der Waals surface area contributed by atoms with Crippen LogP contribution in [-0.4, -0.2) is 31.2 Å². The maximum Gasteiger partial charge on any atom is 0.154 e. The Morgan fingerprint density at radius 2 is 1.35 bits per heavy atom. The van der Waals surface area contributed by atoms with Crippen molar-refractivity contribution in [2.24, 2.45) is 0 Å². The van der Waals surface area contributed by atoms with E-state index in [2.05, 4.69) is 6.92 Å². The Bertz CT molecular complexity index is 139. The Morgan fingerprint density at radius 1 is 0.824 bits per heavy atom. The van der Waals surface area contributed by atoms with Crippen LogP contribution in [-0.2, 0) is 9.47 Å². The first-order valence-corrected chi connectivity index (χ1v) is 7.15. The van der Waals surface area contributed by atoms with Crippen LogP contribution >= 0.6 is 0 Å². The van der Waals surface area contributed by atoms with Crippen molar-refractivity contribution in [2.45, 2.75) is 71.5 Å². The number of aliphatic hydroxyl groups is 1. The third-order valence-corrected chi connectivity index (χ3v) is 2.76. The number of hydrogen-bond acceptors (Lipinski definition) is 3. The van der Waals surface area contributed by atoms with Crippen molar-refractivity contribution in [3.63, 3.8) is 0 Å². The first-order valence-electron chi connectivity index (χ1n) is 7.15. The molecule has 0 aliphatic heterocycles. The number of rotatable bonds is 13. The smallest absolute Gasteiger partial charge is 0.154 e. The van der Waals surface area contributed by atoms with Crippen molar-refractivity contribution in [1.29, 1.82) is 0 Å². The molecule has 0 aliphatic carbocycles. The van der Waals surface area contributed by atoms with Crippen molar-refractivity contribution in [2.75, 3.05) is 19.8 Å². The monoisotopic (exact) mass is 246 g/mol. The fourth-order valence-corrected chi connectivity index (χ4v) is 1.64. The SMILES string of the molecule is CCCCCCOC(C)OCCCCCCO. The van der Waals surface area contributed by atoms with E-state index in [0.717, 1.165) is 45.3 Å². The normalized spacial score (nSPS) is 12.9. The zero-order chi connectivity index (χ0) is 12.8. The lowest BCUT2D eigenvalue weighted by molar-refractivity contribution is -0.131. The van der Waals surface area contributed by atoms with Gasteiger partial charge in [-0.1, -0.05) is 39.0 Å². The van der Waals surface area contributed by atoms with Gasteiger partial charge >= 0.3 is 0 Å². The molecule has 0 spiro atoms. The lowest BCUT2D eigenvalue weighted by Crippen LogP contribution is -2.14. The number of hydrogen-bond donors (Lipinski definition) is 1. The summed E-state index contributed by atoms with van der Waals surface area (Å²) in [7, 11) is 0. The first kappa shape index (κ1) is 16.9. The van der Waals surface area contributed by atoms with E-state index in [1.54, 1.807) is 0 Å². The third kappa shape index (κ3) is 13.8. The molecular formula is C14H30O3. The predicted molar refractivity (Wildman–Crippen MR) is 71.1 cm³/mol. The lowest BCUT2D eigenvalue weighted by Gasteiger charge is -2.13. The van der Waals surface area contributed by atoms with Crippen molar-refractivity contribution in [3.8, 4) is 0 Å². The van der Waals surface area contributed by atoms with Gasteiger partial charge in [0.1, 0.15) is 0 Å². The van der Waals surface area contributed by atoms with Crippen molar-refractivity contribution in [1.82, 2.24) is 0 Å². The highest BCUT2D eigenvalue weighted by Gasteiger charge is 2.01. The molecule has 0 aliphatic rings. The zero-order valence-corrected chi connectivity index (χ0v) is 11.6. The minimum atomic E-state index is -0.0746. The molecule has 104 valence electrons. The molecule has 0 heterocycles. The number of unbranched alkanes of at least 4 members (excludes halogenated alkanes) is 6. The molecular weight excluding hydrogens is 216 g/mol. The first-order chi connectivity index (χ1) is 8.31. The number of aliphatic hydroxyl groups excluding tert-OH is 1. The molecule has 1 atom stereocenters. The highest BCUT2D eigenvalue weighted by molar-refractivity contribution is 4.43. The topological polar surface area (TPSA) is 38.7 Å². The highest BCUT2D eigenvalue weighted by atomic mass is 16.7. The quantitative estimate of drug-likeness (QED) is 0.399. The summed E-state index contributed by atoms with van der Waals surface area (Å²) in [4.78, 5) is 0. The Morgan fingerprint density at radius 3 is 1.88 bits per heavy atom. The van der Waals surface area contributed by atoms with Crippen molar-refractivity contribution >= 4 is 0 Å². The van der Waals surface area contributed by atoms with Gasteiger partial charge in [0, 0.05) is 19.8 Å². The maximum absolute atomic E-state index is 8.62. The molecule has 3 nitrogen and oxygen atoms in total. The summed E-state index contributed by atoms with van der Waals surface area (Å²) in [5.74, 6) is 0. The van der Waals surface area contributed by atoms with Crippen LogP contribution in [0.15, 0.2) is 0 Å². The minimum Gasteiger partial charge on any atom is -0.396 e. The molecule has 0 saturated heterocycles. The second-order valence-corrected chi connectivity index (χ2v) is 4.51. The molecule has 17 heavy (non-hydrogen) atoms. The van der Waals surface area contributed by atoms with Crippen molar-refractivity contribution < 1.29 is 14.6 Å². The molecule has 3 heteroatoms. The van der Waals surface area contributed by atoms with E-state index >= 15 is 0 Å². The molecule has 0 rings (SSSR count). The van der Waals surface area contributed by atoms with Crippen LogP contribution in [0.3, 0.4) is 0 Å². The van der Waals surface area contributed by atoms with Crippen LogP contribution in [0.2, 0.25) is 0 Å². The molecule has 0 aromatic rings. The van der Waals surface area contributed by atoms with Crippen LogP contribution in [0.5, 0.6) is 0 Å². The summed E-state index contributed by atoms with van der Waals surface area (Å²) in [6.07, 6.45) is 9.06. The number of ether oxygens (including phenoxy) is 2. The standard InChI is InChI=1S/C14H30O3/c1-3-4-5-9-12-16-14(2)17-13-10-7-6-8-11-15/h14-15H,3-13H2,1-2H3. The largest absolute Gasteiger partial charge is 0.396 e. The Kier molecular flexibility index (Phi) is 13.8. The molecule has 0 saturated carbocycles. The molecule has 1 N–H and O–H groups in total. The van der Waals surface area contributed by atoms with E-state index in [0.29, 0.717) is 6.61 Å². The van der Waals surface area contributed by atoms with Gasteiger partial charge in [-0.05, 0) is 26.2 Å². The predicted octanol–water partition coefficient (Wildman–Crippen LogP) is 3.50. The van der Waals surface area contributed by atoms with Gasteiger partial charge in [-0.15, -0.1) is 0 Å². The van der Waals surface area contributed by atoms with E-state index in [1.165, 1.54) is 19.3 Å². The summed E-state index contributed by atoms with van der Waals surface area (Å²) in [5, 5.41) is 8.62. The summed E-state index contributed by atoms with van der Waals surface area (Å²) < 4.78 is 11.1. The molecule has 0 radical (unpaired) electrons. The molecule has 0 aromatic heterocycles. The lowest BCUT2D eigenvalue weighted by atomic mass is 10.2. The van der Waals surface area contributed by atoms with Gasteiger partial charge in [0.25, 0.3) is 0 Å². The van der Waals surface area contributed by atoms with Crippen molar-refractivity contribution in [3.05, 3.63) is 0 Å². The molecule has 0 aromatic carbocycles. The Labute approximate surface area is 107 Å². The molecule has 0 fully saturated rings.